The molecule has 2 aromatic rings. The minimum absolute atomic E-state index is 0.113. The lowest BCUT2D eigenvalue weighted by Gasteiger charge is -2.28. The average Bonchev–Trinajstić information content (AvgIpc) is 3.06. The van der Waals surface area contributed by atoms with Gasteiger partial charge in [0.25, 0.3) is 0 Å². The van der Waals surface area contributed by atoms with E-state index in [9.17, 15) is 0 Å². The van der Waals surface area contributed by atoms with Crippen molar-refractivity contribution in [1.82, 2.24) is 25.4 Å². The van der Waals surface area contributed by atoms with Crippen molar-refractivity contribution in [3.8, 4) is 11.5 Å². The van der Waals surface area contributed by atoms with E-state index in [0.29, 0.717) is 26.3 Å². The number of ether oxygens (including phenoxy) is 2. The predicted octanol–water partition coefficient (Wildman–Crippen LogP) is 1.23. The summed E-state index contributed by atoms with van der Waals surface area (Å²) in [5, 5.41) is 10.7. The molecule has 26 heavy (non-hydrogen) atoms. The van der Waals surface area contributed by atoms with Crippen molar-refractivity contribution in [3.05, 3.63) is 35.9 Å². The fourth-order valence-electron chi connectivity index (χ4n) is 2.73. The molecule has 140 valence electrons. The van der Waals surface area contributed by atoms with Crippen molar-refractivity contribution >= 4 is 5.96 Å². The summed E-state index contributed by atoms with van der Waals surface area (Å²) in [7, 11) is 3.62. The molecular weight excluding hydrogens is 332 g/mol. The van der Waals surface area contributed by atoms with Crippen LogP contribution in [0.15, 0.2) is 29.5 Å². The molecule has 0 fully saturated rings. The normalized spacial score (nSPS) is 14.2. The maximum absolute atomic E-state index is 5.70. The third-order valence-corrected chi connectivity index (χ3v) is 4.46. The van der Waals surface area contributed by atoms with E-state index in [2.05, 4.69) is 51.7 Å². The number of aliphatic imine (C=N–C) groups is 1. The topological polar surface area (TPSA) is 85.6 Å². The SMILES string of the molecule is CN=C(NCc1ncnn1C)NCC(C)(C)c1ccc2c(c1)OCCO2. The number of hydrogen-bond donors (Lipinski definition) is 2. The van der Waals surface area contributed by atoms with Gasteiger partial charge >= 0.3 is 0 Å². The third-order valence-electron chi connectivity index (χ3n) is 4.46. The fraction of sp³-hybridized carbons (Fsp3) is 0.500. The molecule has 0 unspecified atom stereocenters. The van der Waals surface area contributed by atoms with Crippen LogP contribution in [0.5, 0.6) is 11.5 Å². The first-order valence-electron chi connectivity index (χ1n) is 8.67. The van der Waals surface area contributed by atoms with E-state index in [4.69, 9.17) is 9.47 Å². The van der Waals surface area contributed by atoms with Crippen LogP contribution in [0.3, 0.4) is 0 Å². The monoisotopic (exact) mass is 358 g/mol. The summed E-state index contributed by atoms with van der Waals surface area (Å²) in [5.74, 6) is 3.19. The van der Waals surface area contributed by atoms with E-state index >= 15 is 0 Å². The highest BCUT2D eigenvalue weighted by atomic mass is 16.6. The Morgan fingerprint density at radius 1 is 1.23 bits per heavy atom. The smallest absolute Gasteiger partial charge is 0.191 e. The zero-order valence-electron chi connectivity index (χ0n) is 15.7. The predicted molar refractivity (Wildman–Crippen MR) is 99.7 cm³/mol. The van der Waals surface area contributed by atoms with Crippen LogP contribution in [0, 0.1) is 0 Å². The lowest BCUT2D eigenvalue weighted by Crippen LogP contribution is -2.43. The van der Waals surface area contributed by atoms with E-state index in [-0.39, 0.29) is 5.41 Å². The first kappa shape index (κ1) is 18.0. The number of nitrogens with zero attached hydrogens (tertiary/aromatic N) is 4. The molecule has 0 saturated carbocycles. The minimum Gasteiger partial charge on any atom is -0.486 e. The van der Waals surface area contributed by atoms with Gasteiger partial charge in [-0.1, -0.05) is 19.9 Å². The standard InChI is InChI=1S/C18H26N6O2/c1-18(2,13-5-6-14-15(9-13)26-8-7-25-14)11-21-17(19-3)20-10-16-22-12-23-24(16)4/h5-6,9,12H,7-8,10-11H2,1-4H3,(H2,19,20,21). The van der Waals surface area contributed by atoms with E-state index < -0.39 is 0 Å². The summed E-state index contributed by atoms with van der Waals surface area (Å²) in [5.41, 5.74) is 1.07. The van der Waals surface area contributed by atoms with Gasteiger partial charge in [0.15, 0.2) is 17.5 Å². The number of fused-ring (bicyclic) bond motifs is 1. The zero-order valence-corrected chi connectivity index (χ0v) is 15.7. The molecule has 0 radical (unpaired) electrons. The highest BCUT2D eigenvalue weighted by molar-refractivity contribution is 5.79. The molecule has 0 atom stereocenters. The van der Waals surface area contributed by atoms with E-state index in [1.807, 2.05) is 13.1 Å². The van der Waals surface area contributed by atoms with Crippen molar-refractivity contribution in [2.75, 3.05) is 26.8 Å². The van der Waals surface area contributed by atoms with Crippen LogP contribution in [0.25, 0.3) is 0 Å². The Labute approximate surface area is 153 Å². The Morgan fingerprint density at radius 3 is 2.69 bits per heavy atom. The van der Waals surface area contributed by atoms with Gasteiger partial charge in [-0.05, 0) is 17.7 Å². The Hall–Kier alpha value is -2.77. The van der Waals surface area contributed by atoms with E-state index in [0.717, 1.165) is 23.3 Å². The lowest BCUT2D eigenvalue weighted by molar-refractivity contribution is 0.171. The number of hydrogen-bond acceptors (Lipinski definition) is 5. The van der Waals surface area contributed by atoms with Crippen LogP contribution < -0.4 is 20.1 Å². The van der Waals surface area contributed by atoms with Crippen molar-refractivity contribution in [3.63, 3.8) is 0 Å². The van der Waals surface area contributed by atoms with Gasteiger partial charge in [-0.2, -0.15) is 5.10 Å². The van der Waals surface area contributed by atoms with Gasteiger partial charge < -0.3 is 20.1 Å². The summed E-state index contributed by atoms with van der Waals surface area (Å²) < 4.78 is 13.0. The van der Waals surface area contributed by atoms with Crippen LogP contribution in [-0.2, 0) is 19.0 Å². The number of nitrogens with one attached hydrogen (secondary N) is 2. The molecule has 1 aromatic carbocycles. The number of guanidine groups is 1. The largest absolute Gasteiger partial charge is 0.486 e. The first-order valence-corrected chi connectivity index (χ1v) is 8.67. The number of rotatable bonds is 5. The molecule has 1 aliphatic rings. The van der Waals surface area contributed by atoms with E-state index in [1.54, 1.807) is 11.7 Å². The number of benzene rings is 1. The van der Waals surface area contributed by atoms with Crippen molar-refractivity contribution in [1.29, 1.82) is 0 Å². The highest BCUT2D eigenvalue weighted by Crippen LogP contribution is 2.34. The van der Waals surface area contributed by atoms with Crippen molar-refractivity contribution < 1.29 is 9.47 Å². The summed E-state index contributed by atoms with van der Waals surface area (Å²) in [6.45, 7) is 6.83. The summed E-state index contributed by atoms with van der Waals surface area (Å²) in [6.07, 6.45) is 1.54. The molecule has 2 N–H and O–H groups in total. The fourth-order valence-corrected chi connectivity index (χ4v) is 2.73. The van der Waals surface area contributed by atoms with Gasteiger partial charge in [0, 0.05) is 26.1 Å². The molecule has 1 aromatic heterocycles. The van der Waals surface area contributed by atoms with Crippen molar-refractivity contribution in [2.24, 2.45) is 12.0 Å². The average molecular weight is 358 g/mol. The van der Waals surface area contributed by atoms with Crippen LogP contribution in [-0.4, -0.2) is 47.5 Å². The van der Waals surface area contributed by atoms with Crippen LogP contribution in [0.4, 0.5) is 0 Å². The quantitative estimate of drug-likeness (QED) is 0.618. The molecule has 2 heterocycles. The summed E-state index contributed by atoms with van der Waals surface area (Å²) in [6, 6.07) is 6.13. The number of aromatic nitrogens is 3. The molecule has 0 amide bonds. The second kappa shape index (κ2) is 7.63. The molecule has 3 rings (SSSR count). The van der Waals surface area contributed by atoms with Gasteiger partial charge in [0.1, 0.15) is 25.4 Å². The molecule has 1 aliphatic heterocycles. The molecule has 0 aliphatic carbocycles. The maximum Gasteiger partial charge on any atom is 0.191 e. The number of aryl methyl sites for hydroxylation is 1. The molecule has 0 saturated heterocycles. The van der Waals surface area contributed by atoms with Crippen LogP contribution >= 0.6 is 0 Å². The van der Waals surface area contributed by atoms with Crippen LogP contribution in [0.2, 0.25) is 0 Å². The second-order valence-electron chi connectivity index (χ2n) is 6.82. The van der Waals surface area contributed by atoms with Gasteiger partial charge in [0.05, 0.1) is 6.54 Å². The molecule has 0 bridgehead atoms. The Kier molecular flexibility index (Phi) is 5.29. The summed E-state index contributed by atoms with van der Waals surface area (Å²) in [4.78, 5) is 8.48. The summed E-state index contributed by atoms with van der Waals surface area (Å²) >= 11 is 0. The van der Waals surface area contributed by atoms with Gasteiger partial charge in [-0.25, -0.2) is 4.98 Å². The first-order chi connectivity index (χ1) is 12.5. The highest BCUT2D eigenvalue weighted by Gasteiger charge is 2.24. The maximum atomic E-state index is 5.70. The van der Waals surface area contributed by atoms with E-state index in [1.165, 1.54) is 11.9 Å². The second-order valence-corrected chi connectivity index (χ2v) is 6.82. The Bertz CT molecular complexity index is 784. The van der Waals surface area contributed by atoms with Crippen LogP contribution in [0.1, 0.15) is 25.2 Å². The van der Waals surface area contributed by atoms with Gasteiger partial charge in [-0.15, -0.1) is 0 Å². The zero-order chi connectivity index (χ0) is 18.6. The molecular formula is C18H26N6O2. The Morgan fingerprint density at radius 2 is 2.00 bits per heavy atom. The van der Waals surface area contributed by atoms with Crippen molar-refractivity contribution in [2.45, 2.75) is 25.8 Å². The van der Waals surface area contributed by atoms with Gasteiger partial charge in [-0.3, -0.25) is 9.67 Å². The van der Waals surface area contributed by atoms with Gasteiger partial charge in [0.2, 0.25) is 0 Å². The molecule has 8 heteroatoms. The minimum atomic E-state index is -0.113. The molecule has 0 spiro atoms. The molecule has 8 nitrogen and oxygen atoms in total. The Balaban J connectivity index is 1.60. The lowest BCUT2D eigenvalue weighted by atomic mass is 9.84. The third kappa shape index (κ3) is 4.07.